The molecule has 0 bridgehead atoms. The normalized spacial score (nSPS) is 24.4. The maximum absolute atomic E-state index is 12.8. The molecule has 1 amide bonds. The summed E-state index contributed by atoms with van der Waals surface area (Å²) in [7, 11) is 0. The molecule has 23 heavy (non-hydrogen) atoms. The lowest BCUT2D eigenvalue weighted by atomic mass is 10.1. The first kappa shape index (κ1) is 14.4. The van der Waals surface area contributed by atoms with E-state index in [-0.39, 0.29) is 12.0 Å². The molecular formula is C16H21N5O2. The molecule has 4 heterocycles. The SMILES string of the molecule is O=C([C@@H]1CCCO1)N1Cc2nccn2CC(Cn2cccn2)C1. The van der Waals surface area contributed by atoms with E-state index in [2.05, 4.69) is 14.6 Å². The van der Waals surface area contributed by atoms with Gasteiger partial charge in [0.2, 0.25) is 0 Å². The third-order valence-corrected chi connectivity index (χ3v) is 4.59. The lowest BCUT2D eigenvalue weighted by molar-refractivity contribution is -0.142. The molecule has 0 saturated carbocycles. The average Bonchev–Trinajstić information content (AvgIpc) is 3.28. The Morgan fingerprint density at radius 1 is 1.30 bits per heavy atom. The topological polar surface area (TPSA) is 65.2 Å². The first-order valence-electron chi connectivity index (χ1n) is 8.17. The molecule has 2 aliphatic heterocycles. The first-order chi connectivity index (χ1) is 11.3. The average molecular weight is 315 g/mol. The van der Waals surface area contributed by atoms with Gasteiger partial charge < -0.3 is 14.2 Å². The van der Waals surface area contributed by atoms with E-state index >= 15 is 0 Å². The Bertz CT molecular complexity index is 660. The van der Waals surface area contributed by atoms with Gasteiger partial charge in [0.15, 0.2) is 0 Å². The largest absolute Gasteiger partial charge is 0.368 e. The van der Waals surface area contributed by atoms with Crippen LogP contribution in [0.1, 0.15) is 18.7 Å². The molecule has 1 unspecified atom stereocenters. The number of carbonyl (C=O) groups is 1. The Morgan fingerprint density at radius 3 is 3.04 bits per heavy atom. The van der Waals surface area contributed by atoms with Crippen LogP contribution in [-0.2, 0) is 29.2 Å². The van der Waals surface area contributed by atoms with Gasteiger partial charge in [0.1, 0.15) is 11.9 Å². The standard InChI is InChI=1S/C16H21N5O2/c22-16(14-3-1-8-23-14)20-10-13(11-21-6-2-4-18-21)9-19-7-5-17-15(19)12-20/h2,4-7,13-14H,1,3,8-12H2/t13?,14-/m0/s1. The molecule has 2 atom stereocenters. The molecular weight excluding hydrogens is 294 g/mol. The fraction of sp³-hybridized carbons (Fsp3) is 0.562. The number of rotatable bonds is 3. The highest BCUT2D eigenvalue weighted by atomic mass is 16.5. The molecule has 2 aliphatic rings. The van der Waals surface area contributed by atoms with Gasteiger partial charge in [-0.15, -0.1) is 0 Å². The van der Waals surface area contributed by atoms with Gasteiger partial charge in [-0.1, -0.05) is 0 Å². The number of ether oxygens (including phenoxy) is 1. The summed E-state index contributed by atoms with van der Waals surface area (Å²) in [4.78, 5) is 19.1. The maximum Gasteiger partial charge on any atom is 0.252 e. The second kappa shape index (κ2) is 6.16. The second-order valence-corrected chi connectivity index (χ2v) is 6.31. The zero-order valence-electron chi connectivity index (χ0n) is 13.0. The summed E-state index contributed by atoms with van der Waals surface area (Å²) in [5.74, 6) is 1.35. The molecule has 0 radical (unpaired) electrons. The van der Waals surface area contributed by atoms with Crippen molar-refractivity contribution in [3.63, 3.8) is 0 Å². The lowest BCUT2D eigenvalue weighted by Gasteiger charge is -2.26. The van der Waals surface area contributed by atoms with Crippen molar-refractivity contribution in [2.24, 2.45) is 5.92 Å². The van der Waals surface area contributed by atoms with Crippen molar-refractivity contribution in [1.29, 1.82) is 0 Å². The number of hydrogen-bond donors (Lipinski definition) is 0. The van der Waals surface area contributed by atoms with Gasteiger partial charge in [0.25, 0.3) is 5.91 Å². The summed E-state index contributed by atoms with van der Waals surface area (Å²) in [6.45, 7) is 3.60. The third kappa shape index (κ3) is 3.01. The molecule has 0 N–H and O–H groups in total. The minimum atomic E-state index is -0.276. The van der Waals surface area contributed by atoms with Gasteiger partial charge in [-0.05, 0) is 18.9 Å². The van der Waals surface area contributed by atoms with Crippen LogP contribution in [0.25, 0.3) is 0 Å². The first-order valence-corrected chi connectivity index (χ1v) is 8.17. The van der Waals surface area contributed by atoms with Crippen LogP contribution < -0.4 is 0 Å². The zero-order chi connectivity index (χ0) is 15.6. The van der Waals surface area contributed by atoms with Crippen LogP contribution in [0.3, 0.4) is 0 Å². The number of hydrogen-bond acceptors (Lipinski definition) is 4. The van der Waals surface area contributed by atoms with Crippen LogP contribution in [0.15, 0.2) is 30.9 Å². The predicted octanol–water partition coefficient (Wildman–Crippen LogP) is 0.917. The summed E-state index contributed by atoms with van der Waals surface area (Å²) >= 11 is 0. The fourth-order valence-corrected chi connectivity index (χ4v) is 3.47. The van der Waals surface area contributed by atoms with Crippen molar-refractivity contribution in [3.8, 4) is 0 Å². The molecule has 1 fully saturated rings. The molecule has 4 rings (SSSR count). The van der Waals surface area contributed by atoms with Crippen LogP contribution in [0, 0.1) is 5.92 Å². The highest BCUT2D eigenvalue weighted by Gasteiger charge is 2.32. The highest BCUT2D eigenvalue weighted by molar-refractivity contribution is 5.81. The summed E-state index contributed by atoms with van der Waals surface area (Å²) < 4.78 is 9.66. The van der Waals surface area contributed by atoms with Crippen molar-refractivity contribution in [2.45, 2.75) is 38.6 Å². The minimum Gasteiger partial charge on any atom is -0.368 e. The molecule has 7 heteroatoms. The quantitative estimate of drug-likeness (QED) is 0.845. The molecule has 0 spiro atoms. The van der Waals surface area contributed by atoms with Crippen LogP contribution in [0.4, 0.5) is 0 Å². The number of nitrogens with zero attached hydrogens (tertiary/aromatic N) is 5. The Labute approximate surface area is 134 Å². The summed E-state index contributed by atoms with van der Waals surface area (Å²) in [6, 6.07) is 1.93. The van der Waals surface area contributed by atoms with Gasteiger partial charge in [0, 0.05) is 56.9 Å². The van der Waals surface area contributed by atoms with E-state index in [4.69, 9.17) is 4.74 Å². The number of carbonyl (C=O) groups excluding carboxylic acids is 1. The van der Waals surface area contributed by atoms with Gasteiger partial charge >= 0.3 is 0 Å². The minimum absolute atomic E-state index is 0.101. The molecule has 1 saturated heterocycles. The third-order valence-electron chi connectivity index (χ3n) is 4.59. The van der Waals surface area contributed by atoms with Crippen LogP contribution >= 0.6 is 0 Å². The summed E-state index contributed by atoms with van der Waals surface area (Å²) in [6.07, 6.45) is 9.07. The lowest BCUT2D eigenvalue weighted by Crippen LogP contribution is -2.41. The van der Waals surface area contributed by atoms with Crippen LogP contribution in [0.2, 0.25) is 0 Å². The number of aromatic nitrogens is 4. The Kier molecular flexibility index (Phi) is 3.87. The van der Waals surface area contributed by atoms with E-state index in [1.54, 1.807) is 12.4 Å². The van der Waals surface area contributed by atoms with Gasteiger partial charge in [0.05, 0.1) is 6.54 Å². The fourth-order valence-electron chi connectivity index (χ4n) is 3.47. The van der Waals surface area contributed by atoms with Crippen LogP contribution in [-0.4, -0.2) is 49.4 Å². The molecule has 122 valence electrons. The summed E-state index contributed by atoms with van der Waals surface area (Å²) in [5.41, 5.74) is 0. The smallest absolute Gasteiger partial charge is 0.252 e. The molecule has 2 aromatic rings. The molecule has 2 aromatic heterocycles. The van der Waals surface area contributed by atoms with Gasteiger partial charge in [-0.3, -0.25) is 9.48 Å². The van der Waals surface area contributed by atoms with Crippen molar-refractivity contribution in [2.75, 3.05) is 13.2 Å². The van der Waals surface area contributed by atoms with Crippen molar-refractivity contribution >= 4 is 5.91 Å². The second-order valence-electron chi connectivity index (χ2n) is 6.31. The van der Waals surface area contributed by atoms with Crippen LogP contribution in [0.5, 0.6) is 0 Å². The van der Waals surface area contributed by atoms with E-state index in [0.717, 1.165) is 31.8 Å². The monoisotopic (exact) mass is 315 g/mol. The zero-order valence-corrected chi connectivity index (χ0v) is 13.0. The predicted molar refractivity (Wildman–Crippen MR) is 82.3 cm³/mol. The van der Waals surface area contributed by atoms with E-state index in [1.807, 2.05) is 28.0 Å². The Balaban J connectivity index is 1.55. The number of fused-ring (bicyclic) bond motifs is 1. The van der Waals surface area contributed by atoms with E-state index in [0.29, 0.717) is 25.6 Å². The summed E-state index contributed by atoms with van der Waals surface area (Å²) in [5, 5.41) is 4.30. The molecule has 7 nitrogen and oxygen atoms in total. The van der Waals surface area contributed by atoms with Crippen molar-refractivity contribution in [3.05, 3.63) is 36.7 Å². The maximum atomic E-state index is 12.8. The van der Waals surface area contributed by atoms with Gasteiger partial charge in [-0.2, -0.15) is 5.10 Å². The highest BCUT2D eigenvalue weighted by Crippen LogP contribution is 2.21. The molecule has 0 aromatic carbocycles. The van der Waals surface area contributed by atoms with E-state index in [9.17, 15) is 4.79 Å². The van der Waals surface area contributed by atoms with E-state index < -0.39 is 0 Å². The van der Waals surface area contributed by atoms with Gasteiger partial charge in [-0.25, -0.2) is 4.98 Å². The number of amides is 1. The van der Waals surface area contributed by atoms with E-state index in [1.165, 1.54) is 0 Å². The molecule has 0 aliphatic carbocycles. The Morgan fingerprint density at radius 2 is 2.26 bits per heavy atom. The van der Waals surface area contributed by atoms with Crippen molar-refractivity contribution in [1.82, 2.24) is 24.2 Å². The van der Waals surface area contributed by atoms with Crippen molar-refractivity contribution < 1.29 is 9.53 Å². The Hall–Kier alpha value is -2.15. The number of imidazole rings is 1.